The van der Waals surface area contributed by atoms with Gasteiger partial charge in [-0.15, -0.1) is 21.5 Å². The van der Waals surface area contributed by atoms with Crippen LogP contribution in [0.25, 0.3) is 0 Å². The Balaban J connectivity index is 1.35. The van der Waals surface area contributed by atoms with Crippen molar-refractivity contribution in [2.75, 3.05) is 25.3 Å². The van der Waals surface area contributed by atoms with Crippen LogP contribution < -0.4 is 14.8 Å². The molecule has 11 heteroatoms. The molecule has 0 spiro atoms. The number of thioether (sulfide) groups is 1. The number of thiophene rings is 1. The molecule has 34 heavy (non-hydrogen) atoms. The number of benzene rings is 1. The summed E-state index contributed by atoms with van der Waals surface area (Å²) < 4.78 is 17.7. The summed E-state index contributed by atoms with van der Waals surface area (Å²) in [6.45, 7) is 0.242. The maximum atomic E-state index is 12.7. The van der Waals surface area contributed by atoms with Gasteiger partial charge in [-0.3, -0.25) is 4.79 Å². The van der Waals surface area contributed by atoms with Crippen molar-refractivity contribution in [1.29, 1.82) is 0 Å². The summed E-state index contributed by atoms with van der Waals surface area (Å²) in [5.41, 5.74) is 1.51. The summed E-state index contributed by atoms with van der Waals surface area (Å²) in [7, 11) is 4.80. The van der Waals surface area contributed by atoms with Gasteiger partial charge >= 0.3 is 5.97 Å². The lowest BCUT2D eigenvalue weighted by molar-refractivity contribution is -0.113. The first-order valence-electron chi connectivity index (χ1n) is 10.8. The Morgan fingerprint density at radius 3 is 2.59 bits per heavy atom. The molecule has 180 valence electrons. The number of hydrogen-bond donors (Lipinski definition) is 1. The minimum atomic E-state index is -0.405. The molecule has 0 saturated carbocycles. The first-order chi connectivity index (χ1) is 16.5. The van der Waals surface area contributed by atoms with Gasteiger partial charge in [0.25, 0.3) is 0 Å². The molecular formula is C23H26N4O5S2. The number of carbonyl (C=O) groups excluding carboxylic acids is 2. The number of aromatic nitrogens is 3. The first-order valence-corrected chi connectivity index (χ1v) is 12.6. The number of carbonyl (C=O) groups is 2. The van der Waals surface area contributed by atoms with Gasteiger partial charge in [0.15, 0.2) is 11.0 Å². The van der Waals surface area contributed by atoms with E-state index in [2.05, 4.69) is 15.5 Å². The Labute approximate surface area is 205 Å². The molecule has 0 atom stereocenters. The maximum Gasteiger partial charge on any atom is 0.341 e. The molecule has 0 bridgehead atoms. The van der Waals surface area contributed by atoms with Crippen molar-refractivity contribution in [3.05, 3.63) is 46.1 Å². The van der Waals surface area contributed by atoms with Gasteiger partial charge in [-0.1, -0.05) is 11.8 Å². The van der Waals surface area contributed by atoms with E-state index in [1.165, 1.54) is 30.2 Å². The molecule has 0 radical (unpaired) electrons. The highest BCUT2D eigenvalue weighted by Crippen LogP contribution is 2.38. The largest absolute Gasteiger partial charge is 0.497 e. The standard InChI is InChI=1S/C23H26N4O5S2/c1-27-18(12-32-15-10-8-14(30-2)9-11-15)25-26-23(27)33-13-19(28)24-21-20(22(29)31-3)16-6-4-5-7-17(16)34-21/h8-11H,4-7,12-13H2,1-3H3,(H,24,28). The molecule has 1 amide bonds. The fraction of sp³-hybridized carbons (Fsp3) is 0.391. The summed E-state index contributed by atoms with van der Waals surface area (Å²) in [5, 5.41) is 12.4. The average Bonchev–Trinajstić information content (AvgIpc) is 3.40. The molecule has 1 aliphatic carbocycles. The van der Waals surface area contributed by atoms with E-state index in [1.807, 2.05) is 31.3 Å². The number of ether oxygens (including phenoxy) is 3. The van der Waals surface area contributed by atoms with Crippen molar-refractivity contribution in [3.8, 4) is 11.5 Å². The zero-order valence-corrected chi connectivity index (χ0v) is 20.9. The summed E-state index contributed by atoms with van der Waals surface area (Å²) in [6.07, 6.45) is 3.89. The van der Waals surface area contributed by atoms with E-state index in [0.717, 1.165) is 41.9 Å². The summed E-state index contributed by atoms with van der Waals surface area (Å²) in [5.74, 6) is 1.60. The number of methoxy groups -OCH3 is 2. The molecule has 0 fully saturated rings. The maximum absolute atomic E-state index is 12.7. The van der Waals surface area contributed by atoms with E-state index < -0.39 is 5.97 Å². The lowest BCUT2D eigenvalue weighted by atomic mass is 9.95. The normalized spacial score (nSPS) is 12.7. The number of fused-ring (bicyclic) bond motifs is 1. The number of nitrogens with one attached hydrogen (secondary N) is 1. The van der Waals surface area contributed by atoms with Crippen LogP contribution in [-0.2, 0) is 36.0 Å². The van der Waals surface area contributed by atoms with Crippen molar-refractivity contribution in [3.63, 3.8) is 0 Å². The molecule has 0 saturated heterocycles. The second kappa shape index (κ2) is 10.9. The minimum Gasteiger partial charge on any atom is -0.497 e. The Kier molecular flexibility index (Phi) is 7.73. The van der Waals surface area contributed by atoms with E-state index >= 15 is 0 Å². The van der Waals surface area contributed by atoms with Crippen LogP contribution in [0.5, 0.6) is 11.5 Å². The quantitative estimate of drug-likeness (QED) is 0.347. The predicted octanol–water partition coefficient (Wildman–Crippen LogP) is 3.86. The zero-order valence-electron chi connectivity index (χ0n) is 19.3. The molecule has 3 aromatic rings. The van der Waals surface area contributed by atoms with Crippen molar-refractivity contribution in [2.45, 2.75) is 37.4 Å². The molecule has 1 aliphatic rings. The fourth-order valence-electron chi connectivity index (χ4n) is 3.68. The Bertz CT molecular complexity index is 1170. The molecular weight excluding hydrogens is 476 g/mol. The highest BCUT2D eigenvalue weighted by Gasteiger charge is 2.27. The highest BCUT2D eigenvalue weighted by atomic mass is 32.2. The molecule has 4 rings (SSSR count). The third kappa shape index (κ3) is 5.36. The molecule has 2 heterocycles. The van der Waals surface area contributed by atoms with Gasteiger partial charge in [-0.2, -0.15) is 0 Å². The summed E-state index contributed by atoms with van der Waals surface area (Å²) in [6, 6.07) is 7.28. The monoisotopic (exact) mass is 502 g/mol. The van der Waals surface area contributed by atoms with Gasteiger partial charge in [0.2, 0.25) is 5.91 Å². The van der Waals surface area contributed by atoms with E-state index in [9.17, 15) is 9.59 Å². The molecule has 9 nitrogen and oxygen atoms in total. The topological polar surface area (TPSA) is 105 Å². The van der Waals surface area contributed by atoms with E-state index in [-0.39, 0.29) is 18.3 Å². The van der Waals surface area contributed by atoms with E-state index in [1.54, 1.807) is 11.7 Å². The predicted molar refractivity (Wildman–Crippen MR) is 130 cm³/mol. The van der Waals surface area contributed by atoms with Gasteiger partial charge in [0, 0.05) is 11.9 Å². The van der Waals surface area contributed by atoms with Crippen LogP contribution in [0.4, 0.5) is 5.00 Å². The number of esters is 1. The number of amides is 1. The van der Waals surface area contributed by atoms with Crippen molar-refractivity contribution < 1.29 is 23.8 Å². The van der Waals surface area contributed by atoms with Crippen LogP contribution in [0.2, 0.25) is 0 Å². The van der Waals surface area contributed by atoms with Crippen LogP contribution >= 0.6 is 23.1 Å². The fourth-order valence-corrected chi connectivity index (χ4v) is 5.70. The van der Waals surface area contributed by atoms with Gasteiger partial charge < -0.3 is 24.1 Å². The van der Waals surface area contributed by atoms with E-state index in [4.69, 9.17) is 14.2 Å². The third-order valence-corrected chi connectivity index (χ3v) is 7.73. The number of anilines is 1. The van der Waals surface area contributed by atoms with Crippen molar-refractivity contribution in [1.82, 2.24) is 14.8 Å². The van der Waals surface area contributed by atoms with Gasteiger partial charge in [0.05, 0.1) is 25.5 Å². The number of nitrogens with zero attached hydrogens (tertiary/aromatic N) is 3. The van der Waals surface area contributed by atoms with Crippen LogP contribution in [0, 0.1) is 0 Å². The van der Waals surface area contributed by atoms with Crippen LogP contribution in [0.1, 0.15) is 39.5 Å². The second-order valence-corrected chi connectivity index (χ2v) is 9.71. The number of aryl methyl sites for hydroxylation is 1. The Hall–Kier alpha value is -3.05. The van der Waals surface area contributed by atoms with Gasteiger partial charge in [-0.25, -0.2) is 4.79 Å². The van der Waals surface area contributed by atoms with Crippen LogP contribution in [-0.4, -0.2) is 46.6 Å². The molecule has 0 aliphatic heterocycles. The third-order valence-electron chi connectivity index (χ3n) is 5.50. The summed E-state index contributed by atoms with van der Waals surface area (Å²) in [4.78, 5) is 26.2. The van der Waals surface area contributed by atoms with Crippen molar-refractivity contribution in [2.24, 2.45) is 7.05 Å². The van der Waals surface area contributed by atoms with Crippen LogP contribution in [0.3, 0.4) is 0 Å². The zero-order chi connectivity index (χ0) is 24.1. The molecule has 2 aromatic heterocycles. The molecule has 1 aromatic carbocycles. The first kappa shape index (κ1) is 24.1. The van der Waals surface area contributed by atoms with E-state index in [0.29, 0.717) is 27.3 Å². The molecule has 0 unspecified atom stereocenters. The van der Waals surface area contributed by atoms with Gasteiger partial charge in [0.1, 0.15) is 23.1 Å². The minimum absolute atomic E-state index is 0.133. The SMILES string of the molecule is COC(=O)c1c(NC(=O)CSc2nnc(COc3ccc(OC)cc3)n2C)sc2c1CCCC2. The number of hydrogen-bond acceptors (Lipinski definition) is 9. The lowest BCUT2D eigenvalue weighted by Gasteiger charge is -2.11. The summed E-state index contributed by atoms with van der Waals surface area (Å²) >= 11 is 2.74. The Morgan fingerprint density at radius 2 is 1.85 bits per heavy atom. The smallest absolute Gasteiger partial charge is 0.341 e. The number of rotatable bonds is 9. The average molecular weight is 503 g/mol. The Morgan fingerprint density at radius 1 is 1.12 bits per heavy atom. The lowest BCUT2D eigenvalue weighted by Crippen LogP contribution is -2.17. The van der Waals surface area contributed by atoms with Gasteiger partial charge in [-0.05, 0) is 55.5 Å². The van der Waals surface area contributed by atoms with Crippen molar-refractivity contribution >= 4 is 40.0 Å². The van der Waals surface area contributed by atoms with Crippen LogP contribution in [0.15, 0.2) is 29.4 Å². The highest BCUT2D eigenvalue weighted by molar-refractivity contribution is 7.99. The molecule has 1 N–H and O–H groups in total. The second-order valence-electron chi connectivity index (χ2n) is 7.67.